The van der Waals surface area contributed by atoms with E-state index in [1.54, 1.807) is 0 Å². The van der Waals surface area contributed by atoms with Crippen LogP contribution in [0.15, 0.2) is 36.4 Å². The molecule has 1 atom stereocenters. The molecule has 0 spiro atoms. The van der Waals surface area contributed by atoms with Crippen LogP contribution in [0.4, 0.5) is 5.82 Å². The van der Waals surface area contributed by atoms with Crippen LogP contribution in [0.2, 0.25) is 0 Å². The second kappa shape index (κ2) is 9.02. The molecule has 1 aromatic heterocycles. The summed E-state index contributed by atoms with van der Waals surface area (Å²) < 4.78 is 1.86. The van der Waals surface area contributed by atoms with Crippen LogP contribution in [0, 0.1) is 0 Å². The number of amides is 1. The Kier molecular flexibility index (Phi) is 7.64. The molecule has 25 heavy (non-hydrogen) atoms. The Morgan fingerprint density at radius 3 is 2.48 bits per heavy atom. The van der Waals surface area contributed by atoms with Crippen molar-refractivity contribution in [2.75, 3.05) is 5.32 Å². The minimum atomic E-state index is -0.0762. The van der Waals surface area contributed by atoms with E-state index >= 15 is 0 Å². The molecule has 0 saturated heterocycles. The quantitative estimate of drug-likeness (QED) is 0.820. The Labute approximate surface area is 156 Å². The van der Waals surface area contributed by atoms with Gasteiger partial charge in [-0.1, -0.05) is 51.1 Å². The smallest absolute Gasteiger partial charge is 0.225 e. The molecule has 1 heterocycles. The fraction of sp³-hybridized carbons (Fsp3) is 0.474. The number of nitrogens with zero attached hydrogens (tertiary/aromatic N) is 2. The van der Waals surface area contributed by atoms with Crippen molar-refractivity contribution < 1.29 is 4.79 Å². The van der Waals surface area contributed by atoms with Crippen LogP contribution in [0.25, 0.3) is 0 Å². The zero-order valence-corrected chi connectivity index (χ0v) is 16.3. The number of rotatable bonds is 6. The number of aromatic nitrogens is 2. The highest BCUT2D eigenvalue weighted by atomic mass is 35.5. The lowest BCUT2D eigenvalue weighted by molar-refractivity contribution is -0.116. The summed E-state index contributed by atoms with van der Waals surface area (Å²) in [5, 5.41) is 7.69. The maximum Gasteiger partial charge on any atom is 0.225 e. The van der Waals surface area contributed by atoms with E-state index in [4.69, 9.17) is 10.8 Å². The summed E-state index contributed by atoms with van der Waals surface area (Å²) in [7, 11) is 0. The fourth-order valence-corrected chi connectivity index (χ4v) is 2.32. The topological polar surface area (TPSA) is 72.9 Å². The molecule has 138 valence electrons. The Balaban J connectivity index is 0.00000312. The highest BCUT2D eigenvalue weighted by molar-refractivity contribution is 5.90. The number of benzene rings is 1. The van der Waals surface area contributed by atoms with Gasteiger partial charge in [-0.2, -0.15) is 5.10 Å². The third-order valence-corrected chi connectivity index (χ3v) is 3.82. The first-order valence-corrected chi connectivity index (χ1v) is 8.43. The molecule has 0 aliphatic rings. The van der Waals surface area contributed by atoms with Gasteiger partial charge in [0.05, 0.1) is 12.2 Å². The van der Waals surface area contributed by atoms with Crippen molar-refractivity contribution >= 4 is 24.1 Å². The lowest BCUT2D eigenvalue weighted by Gasteiger charge is -2.14. The maximum atomic E-state index is 12.2. The summed E-state index contributed by atoms with van der Waals surface area (Å²) in [5.41, 5.74) is 7.76. The van der Waals surface area contributed by atoms with Gasteiger partial charge in [0.2, 0.25) is 5.91 Å². The van der Waals surface area contributed by atoms with Crippen LogP contribution < -0.4 is 11.1 Å². The Morgan fingerprint density at radius 1 is 1.28 bits per heavy atom. The minimum absolute atomic E-state index is 0. The number of anilines is 1. The van der Waals surface area contributed by atoms with Crippen LogP contribution in [-0.4, -0.2) is 21.7 Å². The molecule has 2 aromatic rings. The van der Waals surface area contributed by atoms with Gasteiger partial charge in [-0.25, -0.2) is 4.68 Å². The molecule has 0 saturated carbocycles. The van der Waals surface area contributed by atoms with E-state index in [0.717, 1.165) is 17.1 Å². The number of hydrogen-bond donors (Lipinski definition) is 2. The van der Waals surface area contributed by atoms with Gasteiger partial charge < -0.3 is 11.1 Å². The monoisotopic (exact) mass is 364 g/mol. The number of carbonyl (C=O) groups excluding carboxylic acids is 1. The molecular weight excluding hydrogens is 336 g/mol. The molecule has 2 rings (SSSR count). The van der Waals surface area contributed by atoms with E-state index in [2.05, 4.69) is 38.2 Å². The van der Waals surface area contributed by atoms with Crippen molar-refractivity contribution in [1.82, 2.24) is 9.78 Å². The van der Waals surface area contributed by atoms with Gasteiger partial charge in [0.15, 0.2) is 0 Å². The molecule has 3 N–H and O–H groups in total. The van der Waals surface area contributed by atoms with Crippen LogP contribution in [-0.2, 0) is 16.8 Å². The van der Waals surface area contributed by atoms with Crippen molar-refractivity contribution in [2.24, 2.45) is 5.73 Å². The number of nitrogens with one attached hydrogen (secondary N) is 1. The van der Waals surface area contributed by atoms with E-state index in [0.29, 0.717) is 19.4 Å². The fourth-order valence-electron chi connectivity index (χ4n) is 2.32. The summed E-state index contributed by atoms with van der Waals surface area (Å²) in [4.78, 5) is 12.2. The second-order valence-electron chi connectivity index (χ2n) is 7.37. The predicted molar refractivity (Wildman–Crippen MR) is 105 cm³/mol. The number of carbonyl (C=O) groups is 1. The van der Waals surface area contributed by atoms with Crippen molar-refractivity contribution in [2.45, 2.75) is 58.5 Å². The summed E-state index contributed by atoms with van der Waals surface area (Å²) in [6, 6.07) is 12.1. The molecule has 1 unspecified atom stereocenters. The normalized spacial score (nSPS) is 12.4. The largest absolute Gasteiger partial charge is 0.328 e. The van der Waals surface area contributed by atoms with E-state index in [-0.39, 0.29) is 29.8 Å². The summed E-state index contributed by atoms with van der Waals surface area (Å²) >= 11 is 0. The van der Waals surface area contributed by atoms with Gasteiger partial charge in [0.1, 0.15) is 5.82 Å². The molecule has 0 aliphatic carbocycles. The average molecular weight is 365 g/mol. The van der Waals surface area contributed by atoms with E-state index in [1.165, 1.54) is 0 Å². The van der Waals surface area contributed by atoms with Gasteiger partial charge in [0.25, 0.3) is 0 Å². The standard InChI is InChI=1S/C19H28N4O.ClH/c1-14(20)10-11-18(24)21-17-12-16(19(2,3)4)22-23(17)13-15-8-6-5-7-9-15;/h5-9,12,14H,10-11,13,20H2,1-4H3,(H,21,24);1H. The predicted octanol–water partition coefficient (Wildman–Crippen LogP) is 3.72. The van der Waals surface area contributed by atoms with Crippen molar-refractivity contribution in [1.29, 1.82) is 0 Å². The summed E-state index contributed by atoms with van der Waals surface area (Å²) in [6.45, 7) is 8.88. The number of nitrogens with two attached hydrogens (primary N) is 1. The van der Waals surface area contributed by atoms with Gasteiger partial charge in [-0.15, -0.1) is 12.4 Å². The first-order valence-electron chi connectivity index (χ1n) is 8.43. The average Bonchev–Trinajstić information content (AvgIpc) is 2.89. The molecule has 1 aromatic carbocycles. The lowest BCUT2D eigenvalue weighted by atomic mass is 9.92. The Morgan fingerprint density at radius 2 is 1.92 bits per heavy atom. The zero-order chi connectivity index (χ0) is 17.7. The molecule has 0 aliphatic heterocycles. The van der Waals surface area contributed by atoms with E-state index in [1.807, 2.05) is 35.9 Å². The summed E-state index contributed by atoms with van der Waals surface area (Å²) in [5.74, 6) is 0.709. The Hall–Kier alpha value is -1.85. The van der Waals surface area contributed by atoms with Gasteiger partial charge in [-0.3, -0.25) is 4.79 Å². The molecule has 5 nitrogen and oxygen atoms in total. The third-order valence-electron chi connectivity index (χ3n) is 3.82. The van der Waals surface area contributed by atoms with Crippen LogP contribution in [0.1, 0.15) is 51.8 Å². The lowest BCUT2D eigenvalue weighted by Crippen LogP contribution is -2.20. The highest BCUT2D eigenvalue weighted by Crippen LogP contribution is 2.24. The number of halogens is 1. The Bertz CT molecular complexity index is 674. The second-order valence-corrected chi connectivity index (χ2v) is 7.37. The SMILES string of the molecule is CC(N)CCC(=O)Nc1cc(C(C)(C)C)nn1Cc1ccccc1.Cl. The van der Waals surface area contributed by atoms with E-state index < -0.39 is 0 Å². The van der Waals surface area contributed by atoms with Gasteiger partial charge >= 0.3 is 0 Å². The van der Waals surface area contributed by atoms with E-state index in [9.17, 15) is 4.79 Å². The maximum absolute atomic E-state index is 12.2. The highest BCUT2D eigenvalue weighted by Gasteiger charge is 2.21. The minimum Gasteiger partial charge on any atom is -0.328 e. The van der Waals surface area contributed by atoms with Crippen LogP contribution in [0.5, 0.6) is 0 Å². The molecule has 6 heteroatoms. The zero-order valence-electron chi connectivity index (χ0n) is 15.5. The van der Waals surface area contributed by atoms with Gasteiger partial charge in [0, 0.05) is 23.9 Å². The van der Waals surface area contributed by atoms with Crippen molar-refractivity contribution in [3.8, 4) is 0 Å². The van der Waals surface area contributed by atoms with Gasteiger partial charge in [-0.05, 0) is 18.9 Å². The molecule has 1 amide bonds. The first kappa shape index (κ1) is 21.2. The molecule has 0 radical (unpaired) electrons. The van der Waals surface area contributed by atoms with Crippen molar-refractivity contribution in [3.63, 3.8) is 0 Å². The summed E-state index contributed by atoms with van der Waals surface area (Å²) in [6.07, 6.45) is 1.09. The molecular formula is C19H29ClN4O. The molecule has 0 fully saturated rings. The first-order chi connectivity index (χ1) is 11.3. The van der Waals surface area contributed by atoms with Crippen molar-refractivity contribution in [3.05, 3.63) is 47.7 Å². The third kappa shape index (κ3) is 6.52. The molecule has 0 bridgehead atoms. The van der Waals surface area contributed by atoms with Crippen LogP contribution >= 0.6 is 12.4 Å². The van der Waals surface area contributed by atoms with Crippen LogP contribution in [0.3, 0.4) is 0 Å². The number of hydrogen-bond acceptors (Lipinski definition) is 3.